The van der Waals surface area contributed by atoms with E-state index < -0.39 is 17.2 Å². The van der Waals surface area contributed by atoms with Gasteiger partial charge in [-0.2, -0.15) is 0 Å². The minimum atomic E-state index is -1.15. The van der Waals surface area contributed by atoms with E-state index in [1.165, 1.54) is 12.1 Å². The molecule has 0 atom stereocenters. The molecule has 1 aromatic carbocycles. The molecule has 0 amide bonds. The summed E-state index contributed by atoms with van der Waals surface area (Å²) >= 11 is 5.71. The lowest BCUT2D eigenvalue weighted by atomic mass is 9.89. The van der Waals surface area contributed by atoms with Crippen LogP contribution in [0.2, 0.25) is 5.02 Å². The van der Waals surface area contributed by atoms with Crippen LogP contribution in [0.4, 0.5) is 4.39 Å². The lowest BCUT2D eigenvalue weighted by Crippen LogP contribution is -2.15. The third kappa shape index (κ3) is 2.54. The Bertz CT molecular complexity index is 674. The average Bonchev–Trinajstić information content (AvgIpc) is 2.77. The van der Waals surface area contributed by atoms with Crippen LogP contribution < -0.4 is 0 Å². The smallest absolute Gasteiger partial charge is 0.341 e. The van der Waals surface area contributed by atoms with Crippen molar-refractivity contribution in [1.29, 1.82) is 0 Å². The van der Waals surface area contributed by atoms with Gasteiger partial charge in [-0.15, -0.1) is 0 Å². The first-order valence-corrected chi connectivity index (χ1v) is 6.28. The summed E-state index contributed by atoms with van der Waals surface area (Å²) in [4.78, 5) is 11.5. The van der Waals surface area contributed by atoms with E-state index in [1.807, 2.05) is 20.8 Å². The number of carboxylic acid groups (broad SMARTS) is 1. The topological polar surface area (TPSA) is 63.3 Å². The predicted octanol–water partition coefficient (Wildman–Crippen LogP) is 4.13. The third-order valence-electron chi connectivity index (χ3n) is 2.78. The number of aromatic nitrogens is 1. The van der Waals surface area contributed by atoms with E-state index in [-0.39, 0.29) is 22.0 Å². The van der Waals surface area contributed by atoms with Crippen LogP contribution in [0.1, 0.15) is 36.9 Å². The van der Waals surface area contributed by atoms with Crippen molar-refractivity contribution in [1.82, 2.24) is 5.16 Å². The fourth-order valence-corrected chi connectivity index (χ4v) is 2.02. The van der Waals surface area contributed by atoms with Gasteiger partial charge in [0.25, 0.3) is 0 Å². The lowest BCUT2D eigenvalue weighted by Gasteiger charge is -2.14. The normalized spacial score (nSPS) is 11.7. The maximum absolute atomic E-state index is 13.2. The first kappa shape index (κ1) is 14.5. The molecule has 0 aliphatic heterocycles. The van der Waals surface area contributed by atoms with Gasteiger partial charge in [0.15, 0.2) is 5.76 Å². The minimum Gasteiger partial charge on any atom is -0.477 e. The van der Waals surface area contributed by atoms with Crippen LogP contribution in [0, 0.1) is 5.82 Å². The molecular weight excluding hydrogens is 285 g/mol. The van der Waals surface area contributed by atoms with E-state index in [1.54, 1.807) is 0 Å². The zero-order valence-electron chi connectivity index (χ0n) is 11.2. The number of hydrogen-bond donors (Lipinski definition) is 1. The van der Waals surface area contributed by atoms with Gasteiger partial charge < -0.3 is 9.63 Å². The van der Waals surface area contributed by atoms with Crippen molar-refractivity contribution in [3.05, 3.63) is 40.4 Å². The largest absolute Gasteiger partial charge is 0.477 e. The molecule has 4 nitrogen and oxygen atoms in total. The number of rotatable bonds is 2. The molecular formula is C14H13ClFNO3. The van der Waals surface area contributed by atoms with Crippen LogP contribution in [0.25, 0.3) is 11.3 Å². The molecule has 1 heterocycles. The second-order valence-corrected chi connectivity index (χ2v) is 5.83. The van der Waals surface area contributed by atoms with Gasteiger partial charge in [0, 0.05) is 11.0 Å². The van der Waals surface area contributed by atoms with Crippen LogP contribution >= 0.6 is 11.6 Å². The molecule has 0 radical (unpaired) electrons. The van der Waals surface area contributed by atoms with Crippen LogP contribution in [0.15, 0.2) is 22.7 Å². The zero-order valence-corrected chi connectivity index (χ0v) is 12.0. The highest BCUT2D eigenvalue weighted by atomic mass is 35.5. The summed E-state index contributed by atoms with van der Waals surface area (Å²) in [6.07, 6.45) is 0. The summed E-state index contributed by atoms with van der Waals surface area (Å²) in [5.74, 6) is -1.46. The Morgan fingerprint density at radius 3 is 2.55 bits per heavy atom. The summed E-state index contributed by atoms with van der Waals surface area (Å²) < 4.78 is 18.4. The van der Waals surface area contributed by atoms with Crippen molar-refractivity contribution in [2.45, 2.75) is 26.2 Å². The maximum atomic E-state index is 13.2. The fourth-order valence-electron chi connectivity index (χ4n) is 1.84. The van der Waals surface area contributed by atoms with Crippen molar-refractivity contribution in [3.8, 4) is 11.3 Å². The molecule has 2 rings (SSSR count). The van der Waals surface area contributed by atoms with Crippen LogP contribution in [0.3, 0.4) is 0 Å². The fraction of sp³-hybridized carbons (Fsp3) is 0.286. The lowest BCUT2D eigenvalue weighted by molar-refractivity contribution is 0.0693. The Morgan fingerprint density at radius 2 is 2.05 bits per heavy atom. The number of aromatic carboxylic acids is 1. The Balaban J connectivity index is 2.66. The van der Waals surface area contributed by atoms with E-state index in [2.05, 4.69) is 5.16 Å². The first-order valence-electron chi connectivity index (χ1n) is 5.90. The minimum absolute atomic E-state index is 0.0276. The van der Waals surface area contributed by atoms with Gasteiger partial charge in [0.05, 0.1) is 5.02 Å². The Labute approximate surface area is 120 Å². The van der Waals surface area contributed by atoms with Crippen molar-refractivity contribution in [2.75, 3.05) is 0 Å². The van der Waals surface area contributed by atoms with E-state index in [0.717, 1.165) is 6.07 Å². The van der Waals surface area contributed by atoms with Crippen molar-refractivity contribution < 1.29 is 18.8 Å². The van der Waals surface area contributed by atoms with E-state index in [0.29, 0.717) is 5.56 Å². The van der Waals surface area contributed by atoms with Crippen molar-refractivity contribution in [2.24, 2.45) is 0 Å². The predicted molar refractivity (Wildman–Crippen MR) is 72.6 cm³/mol. The Hall–Kier alpha value is -1.88. The molecule has 0 spiro atoms. The van der Waals surface area contributed by atoms with Gasteiger partial charge in [0.1, 0.15) is 17.1 Å². The number of nitrogens with zero attached hydrogens (tertiary/aromatic N) is 1. The highest BCUT2D eigenvalue weighted by Crippen LogP contribution is 2.34. The molecule has 1 N–H and O–H groups in total. The highest BCUT2D eigenvalue weighted by molar-refractivity contribution is 6.31. The molecule has 0 aliphatic carbocycles. The van der Waals surface area contributed by atoms with Crippen molar-refractivity contribution in [3.63, 3.8) is 0 Å². The van der Waals surface area contributed by atoms with Crippen LogP contribution in [0.5, 0.6) is 0 Å². The number of halogens is 2. The Kier molecular flexibility index (Phi) is 3.56. The Morgan fingerprint density at radius 1 is 1.40 bits per heavy atom. The summed E-state index contributed by atoms with van der Waals surface area (Å²) in [5, 5.41) is 13.1. The molecule has 2 aromatic rings. The summed E-state index contributed by atoms with van der Waals surface area (Å²) in [6, 6.07) is 3.90. The average molecular weight is 298 g/mol. The van der Waals surface area contributed by atoms with Gasteiger partial charge >= 0.3 is 5.97 Å². The van der Waals surface area contributed by atoms with Gasteiger partial charge in [0.2, 0.25) is 0 Å². The molecule has 106 valence electrons. The van der Waals surface area contributed by atoms with Gasteiger partial charge in [-0.3, -0.25) is 0 Å². The maximum Gasteiger partial charge on any atom is 0.341 e. The molecule has 0 aliphatic rings. The SMILES string of the molecule is CC(C)(C)c1onc(-c2ccc(F)c(Cl)c2)c1C(=O)O. The molecule has 0 saturated carbocycles. The summed E-state index contributed by atoms with van der Waals surface area (Å²) in [6.45, 7) is 5.46. The van der Waals surface area contributed by atoms with Gasteiger partial charge in [-0.05, 0) is 18.2 Å². The number of hydrogen-bond acceptors (Lipinski definition) is 3. The van der Waals surface area contributed by atoms with E-state index >= 15 is 0 Å². The van der Waals surface area contributed by atoms with Gasteiger partial charge in [-0.1, -0.05) is 37.5 Å². The molecule has 1 aromatic heterocycles. The number of benzene rings is 1. The quantitative estimate of drug-likeness (QED) is 0.905. The number of carbonyl (C=O) groups is 1. The van der Waals surface area contributed by atoms with E-state index in [4.69, 9.17) is 16.1 Å². The summed E-state index contributed by atoms with van der Waals surface area (Å²) in [5.41, 5.74) is 0.000507. The zero-order chi connectivity index (χ0) is 15.1. The molecule has 0 bridgehead atoms. The van der Waals surface area contributed by atoms with Crippen LogP contribution in [-0.2, 0) is 5.41 Å². The summed E-state index contributed by atoms with van der Waals surface area (Å²) in [7, 11) is 0. The molecule has 0 saturated heterocycles. The van der Waals surface area contributed by atoms with Crippen molar-refractivity contribution >= 4 is 17.6 Å². The van der Waals surface area contributed by atoms with Gasteiger partial charge in [-0.25, -0.2) is 9.18 Å². The third-order valence-corrected chi connectivity index (χ3v) is 3.07. The molecule has 0 fully saturated rings. The molecule has 6 heteroatoms. The molecule has 0 unspecified atom stereocenters. The standard InChI is InChI=1S/C14H13ClFNO3/c1-14(2,3)12-10(13(18)19)11(17-20-12)7-4-5-9(16)8(15)6-7/h4-6H,1-3H3,(H,18,19). The highest BCUT2D eigenvalue weighted by Gasteiger charge is 2.31. The number of carboxylic acids is 1. The first-order chi connectivity index (χ1) is 9.21. The second-order valence-electron chi connectivity index (χ2n) is 5.42. The van der Waals surface area contributed by atoms with E-state index in [9.17, 15) is 14.3 Å². The second kappa shape index (κ2) is 4.90. The molecule has 20 heavy (non-hydrogen) atoms. The van der Waals surface area contributed by atoms with Crippen LogP contribution in [-0.4, -0.2) is 16.2 Å². The monoisotopic (exact) mass is 297 g/mol.